The summed E-state index contributed by atoms with van der Waals surface area (Å²) in [6.07, 6.45) is 2.69. The Bertz CT molecular complexity index is 1780. The van der Waals surface area contributed by atoms with Gasteiger partial charge in [0.05, 0.1) is 24.2 Å². The molecule has 0 bridgehead atoms. The summed E-state index contributed by atoms with van der Waals surface area (Å²) < 4.78 is 0. The summed E-state index contributed by atoms with van der Waals surface area (Å²) in [6, 6.07) is 22.6. The molecule has 1 aromatic heterocycles. The first kappa shape index (κ1) is 29.5. The maximum atomic E-state index is 14.3. The first-order valence-corrected chi connectivity index (χ1v) is 14.7. The number of urea groups is 1. The molecule has 3 heterocycles. The van der Waals surface area contributed by atoms with E-state index >= 15 is 0 Å². The highest BCUT2D eigenvalue weighted by molar-refractivity contribution is 5.92. The number of H-pyrrole nitrogens is 1. The van der Waals surface area contributed by atoms with Crippen molar-refractivity contribution >= 4 is 28.7 Å². The molecule has 2 aliphatic rings. The number of aromatic hydroxyl groups is 1. The second-order valence-electron chi connectivity index (χ2n) is 11.2. The quantitative estimate of drug-likeness (QED) is 0.264. The Labute approximate surface area is 260 Å². The summed E-state index contributed by atoms with van der Waals surface area (Å²) in [4.78, 5) is 48.3. The van der Waals surface area contributed by atoms with Crippen LogP contribution in [0.4, 0.5) is 4.79 Å². The number of amides is 4. The van der Waals surface area contributed by atoms with Crippen molar-refractivity contribution in [1.82, 2.24) is 30.1 Å². The molecule has 4 amide bonds. The predicted molar refractivity (Wildman–Crippen MR) is 167 cm³/mol. The van der Waals surface area contributed by atoms with Crippen molar-refractivity contribution in [2.24, 2.45) is 0 Å². The van der Waals surface area contributed by atoms with E-state index in [1.54, 1.807) is 46.4 Å². The molecule has 11 heteroatoms. The average Bonchev–Trinajstić information content (AvgIpc) is 3.48. The van der Waals surface area contributed by atoms with Crippen LogP contribution in [0.2, 0.25) is 0 Å². The normalized spacial score (nSPS) is 18.5. The Kier molecular flexibility index (Phi) is 8.22. The van der Waals surface area contributed by atoms with Crippen molar-refractivity contribution < 1.29 is 19.5 Å². The molecule has 228 valence electrons. The summed E-state index contributed by atoms with van der Waals surface area (Å²) in [5.74, 6) is -0.422. The first-order chi connectivity index (χ1) is 21.9. The number of hydrogen-bond donors (Lipinski definition) is 3. The maximum Gasteiger partial charge on any atom is 0.334 e. The molecule has 2 atom stereocenters. The second kappa shape index (κ2) is 12.6. The lowest BCUT2D eigenvalue weighted by Crippen LogP contribution is -2.76. The molecule has 4 aromatic rings. The summed E-state index contributed by atoms with van der Waals surface area (Å²) in [7, 11) is 0. The molecule has 2 aliphatic heterocycles. The topological polar surface area (TPSA) is 136 Å². The van der Waals surface area contributed by atoms with Crippen molar-refractivity contribution in [3.8, 4) is 11.8 Å². The average molecular weight is 604 g/mol. The number of nitriles is 1. The standard InChI is InChI=1S/C34H33N7O4/c1-2-15-39-22-31(43)40-29(16-23-11-13-27(42)14-12-23)33(44)38(20-25-9-6-10-28-26(17-35)19-36-32(25)28)21-30(40)41(39)34(45)37-18-24-7-4-3-5-8-24/h2-14,19,29-30,36,42H,1,15-16,18,20-22H2,(H,37,45). The Morgan fingerprint density at radius 1 is 1.07 bits per heavy atom. The number of benzene rings is 3. The van der Waals surface area contributed by atoms with Gasteiger partial charge in [0.15, 0.2) is 0 Å². The lowest BCUT2D eigenvalue weighted by atomic mass is 9.98. The van der Waals surface area contributed by atoms with Crippen LogP contribution in [0.3, 0.4) is 0 Å². The van der Waals surface area contributed by atoms with Crippen molar-refractivity contribution in [1.29, 1.82) is 5.26 Å². The van der Waals surface area contributed by atoms with E-state index in [4.69, 9.17) is 0 Å². The minimum absolute atomic E-state index is 0.0747. The minimum atomic E-state index is -0.895. The molecule has 6 rings (SSSR count). The van der Waals surface area contributed by atoms with Crippen LogP contribution in [0.25, 0.3) is 10.9 Å². The van der Waals surface area contributed by atoms with Gasteiger partial charge in [0, 0.05) is 37.6 Å². The molecule has 3 aromatic carbocycles. The van der Waals surface area contributed by atoms with Crippen LogP contribution >= 0.6 is 0 Å². The van der Waals surface area contributed by atoms with Crippen LogP contribution in [0.1, 0.15) is 22.3 Å². The van der Waals surface area contributed by atoms with E-state index in [2.05, 4.69) is 22.9 Å². The lowest BCUT2D eigenvalue weighted by Gasteiger charge is -2.55. The number of aromatic amines is 1. The summed E-state index contributed by atoms with van der Waals surface area (Å²) in [5, 5.41) is 26.3. The van der Waals surface area contributed by atoms with Gasteiger partial charge in [0.2, 0.25) is 11.8 Å². The molecule has 2 fully saturated rings. The Balaban J connectivity index is 1.37. The molecule has 0 radical (unpaired) electrons. The number of carbonyl (C=O) groups excluding carboxylic acids is 3. The van der Waals surface area contributed by atoms with E-state index in [-0.39, 0.29) is 56.7 Å². The minimum Gasteiger partial charge on any atom is -0.508 e. The predicted octanol–water partition coefficient (Wildman–Crippen LogP) is 3.48. The summed E-state index contributed by atoms with van der Waals surface area (Å²) in [6.45, 7) is 4.55. The fourth-order valence-corrected chi connectivity index (χ4v) is 6.20. The van der Waals surface area contributed by atoms with Gasteiger partial charge in [-0.05, 0) is 28.8 Å². The van der Waals surface area contributed by atoms with Crippen molar-refractivity contribution in [2.45, 2.75) is 31.7 Å². The number of aromatic nitrogens is 1. The smallest absolute Gasteiger partial charge is 0.334 e. The van der Waals surface area contributed by atoms with Gasteiger partial charge in [-0.2, -0.15) is 5.26 Å². The summed E-state index contributed by atoms with van der Waals surface area (Å²) >= 11 is 0. The summed E-state index contributed by atoms with van der Waals surface area (Å²) in [5.41, 5.74) is 3.76. The van der Waals surface area contributed by atoms with Crippen LogP contribution in [0, 0.1) is 11.3 Å². The van der Waals surface area contributed by atoms with Crippen LogP contribution in [0.5, 0.6) is 5.75 Å². The van der Waals surface area contributed by atoms with Crippen molar-refractivity contribution in [3.05, 3.63) is 114 Å². The molecule has 2 unspecified atom stereocenters. The van der Waals surface area contributed by atoms with Crippen molar-refractivity contribution in [3.63, 3.8) is 0 Å². The van der Waals surface area contributed by atoms with Gasteiger partial charge >= 0.3 is 6.03 Å². The number of para-hydroxylation sites is 1. The zero-order valence-corrected chi connectivity index (χ0v) is 24.6. The van der Waals surface area contributed by atoms with Gasteiger partial charge in [-0.1, -0.05) is 66.7 Å². The number of phenols is 1. The van der Waals surface area contributed by atoms with E-state index in [0.29, 0.717) is 5.56 Å². The SMILES string of the molecule is C=CCN1CC(=O)N2C(Cc3ccc(O)cc3)C(=O)N(Cc3cccc4c(C#N)c[nH]c34)CC2N1C(=O)NCc1ccccc1. The Hall–Kier alpha value is -5.60. The molecule has 2 saturated heterocycles. The number of hydrazine groups is 1. The highest BCUT2D eigenvalue weighted by Crippen LogP contribution is 2.31. The molecular formula is C34H33N7O4. The maximum absolute atomic E-state index is 14.3. The van der Waals surface area contributed by atoms with Crippen LogP contribution in [-0.4, -0.2) is 79.6 Å². The van der Waals surface area contributed by atoms with Crippen LogP contribution < -0.4 is 5.32 Å². The number of phenolic OH excluding ortho intramolecular Hbond substituents is 1. The van der Waals surface area contributed by atoms with E-state index in [9.17, 15) is 24.8 Å². The fourth-order valence-electron chi connectivity index (χ4n) is 6.20. The number of rotatable bonds is 8. The third-order valence-electron chi connectivity index (χ3n) is 8.31. The van der Waals surface area contributed by atoms with Gasteiger partial charge < -0.3 is 25.2 Å². The van der Waals surface area contributed by atoms with E-state index in [0.717, 1.165) is 27.6 Å². The third kappa shape index (κ3) is 5.83. The zero-order chi connectivity index (χ0) is 31.5. The molecule has 11 nitrogen and oxygen atoms in total. The van der Waals surface area contributed by atoms with Gasteiger partial charge in [-0.3, -0.25) is 9.59 Å². The zero-order valence-electron chi connectivity index (χ0n) is 24.6. The van der Waals surface area contributed by atoms with Gasteiger partial charge in [0.1, 0.15) is 24.0 Å². The fraction of sp³-hybridized carbons (Fsp3) is 0.235. The number of nitrogens with zero attached hydrogens (tertiary/aromatic N) is 5. The first-order valence-electron chi connectivity index (χ1n) is 14.7. The van der Waals surface area contributed by atoms with Crippen LogP contribution in [-0.2, 0) is 29.1 Å². The lowest BCUT2D eigenvalue weighted by molar-refractivity contribution is -0.189. The highest BCUT2D eigenvalue weighted by atomic mass is 16.3. The molecule has 45 heavy (non-hydrogen) atoms. The van der Waals surface area contributed by atoms with Gasteiger partial charge in [0.25, 0.3) is 0 Å². The molecular weight excluding hydrogens is 570 g/mol. The number of piperazine rings is 1. The molecule has 0 aliphatic carbocycles. The number of carbonyl (C=O) groups is 3. The van der Waals surface area contributed by atoms with Gasteiger partial charge in [-0.25, -0.2) is 14.8 Å². The van der Waals surface area contributed by atoms with E-state index in [1.165, 1.54) is 9.91 Å². The number of hydrogen-bond acceptors (Lipinski definition) is 6. The highest BCUT2D eigenvalue weighted by Gasteiger charge is 2.51. The molecule has 3 N–H and O–H groups in total. The molecule has 0 saturated carbocycles. The largest absolute Gasteiger partial charge is 0.508 e. The van der Waals surface area contributed by atoms with Crippen molar-refractivity contribution in [2.75, 3.05) is 19.6 Å². The van der Waals surface area contributed by atoms with Crippen LogP contribution in [0.15, 0.2) is 91.6 Å². The Morgan fingerprint density at radius 2 is 1.84 bits per heavy atom. The van der Waals surface area contributed by atoms with E-state index < -0.39 is 18.2 Å². The number of fused-ring (bicyclic) bond motifs is 2. The monoisotopic (exact) mass is 603 g/mol. The van der Waals surface area contributed by atoms with E-state index in [1.807, 2.05) is 48.5 Å². The van der Waals surface area contributed by atoms with Gasteiger partial charge in [-0.15, -0.1) is 6.58 Å². The Morgan fingerprint density at radius 3 is 2.58 bits per heavy atom. The molecule has 0 spiro atoms. The second-order valence-corrected chi connectivity index (χ2v) is 11.2. The third-order valence-corrected chi connectivity index (χ3v) is 8.31. The number of nitrogens with one attached hydrogen (secondary N) is 2.